The summed E-state index contributed by atoms with van der Waals surface area (Å²) in [7, 11) is -1.87. The normalized spacial score (nSPS) is 15.6. The summed E-state index contributed by atoms with van der Waals surface area (Å²) in [6, 6.07) is 1.29. The zero-order chi connectivity index (χ0) is 16.9. The van der Waals surface area contributed by atoms with Crippen LogP contribution in [0, 0.1) is 0 Å². The Kier molecular flexibility index (Phi) is 9.06. The highest BCUT2D eigenvalue weighted by molar-refractivity contribution is 7.99. The van der Waals surface area contributed by atoms with Crippen LogP contribution >= 0.6 is 11.8 Å². The van der Waals surface area contributed by atoms with Gasteiger partial charge in [0, 0.05) is 12.4 Å². The monoisotopic (exact) mass is 365 g/mol. The highest BCUT2D eigenvalue weighted by Crippen LogP contribution is 2.24. The minimum atomic E-state index is -1.35. The Hall–Kier alpha value is 0.921. The van der Waals surface area contributed by atoms with Crippen molar-refractivity contribution in [2.24, 2.45) is 0 Å². The van der Waals surface area contributed by atoms with Crippen LogP contribution in [0.3, 0.4) is 0 Å². The molecular formula is C15H39NOSSi3. The van der Waals surface area contributed by atoms with Gasteiger partial charge >= 0.3 is 0 Å². The Bertz CT molecular complexity index is 286. The summed E-state index contributed by atoms with van der Waals surface area (Å²) in [5.41, 5.74) is 0. The topological polar surface area (TPSA) is 12.5 Å². The van der Waals surface area contributed by atoms with Crippen LogP contribution in [0.15, 0.2) is 0 Å². The van der Waals surface area contributed by atoms with Crippen molar-refractivity contribution in [2.75, 3.05) is 19.4 Å². The molecular weight excluding hydrogens is 326 g/mol. The Balaban J connectivity index is 4.26. The van der Waals surface area contributed by atoms with E-state index < -0.39 is 24.8 Å². The van der Waals surface area contributed by atoms with Crippen LogP contribution in [0.1, 0.15) is 13.3 Å². The summed E-state index contributed by atoms with van der Waals surface area (Å²) in [6.45, 7) is 23.3. The molecule has 0 spiro atoms. The fraction of sp³-hybridized carbons (Fsp3) is 1.00. The Morgan fingerprint density at radius 2 is 1.43 bits per heavy atom. The molecule has 0 saturated heterocycles. The second-order valence-electron chi connectivity index (χ2n) is 8.70. The third-order valence-electron chi connectivity index (χ3n) is 3.94. The van der Waals surface area contributed by atoms with Gasteiger partial charge in [-0.05, 0) is 37.9 Å². The molecule has 0 radical (unpaired) electrons. The molecule has 0 aromatic heterocycles. The van der Waals surface area contributed by atoms with Gasteiger partial charge in [0.1, 0.15) is 16.5 Å². The molecule has 21 heavy (non-hydrogen) atoms. The SMILES string of the molecule is CO[Si](C)(C)CCCSC(C)CN([Si](C)(C)C)[Si](C)(C)C. The highest BCUT2D eigenvalue weighted by atomic mass is 32.2. The van der Waals surface area contributed by atoms with E-state index in [0.29, 0.717) is 0 Å². The maximum atomic E-state index is 5.63. The molecule has 0 aliphatic carbocycles. The summed E-state index contributed by atoms with van der Waals surface area (Å²) in [5.74, 6) is 1.28. The summed E-state index contributed by atoms with van der Waals surface area (Å²) in [6.07, 6.45) is 1.31. The Morgan fingerprint density at radius 1 is 0.952 bits per heavy atom. The number of hydrogen-bond acceptors (Lipinski definition) is 3. The quantitative estimate of drug-likeness (QED) is 0.384. The first-order valence-corrected chi connectivity index (χ1v) is 19.3. The molecule has 128 valence electrons. The van der Waals surface area contributed by atoms with E-state index in [2.05, 4.69) is 75.3 Å². The summed E-state index contributed by atoms with van der Waals surface area (Å²) >= 11 is 2.16. The zero-order valence-corrected chi connectivity index (χ0v) is 20.0. The van der Waals surface area contributed by atoms with E-state index >= 15 is 0 Å². The van der Waals surface area contributed by atoms with E-state index in [9.17, 15) is 0 Å². The summed E-state index contributed by atoms with van der Waals surface area (Å²) in [5, 5.41) is 0.746. The van der Waals surface area contributed by atoms with Crippen molar-refractivity contribution in [3.8, 4) is 0 Å². The van der Waals surface area contributed by atoms with Crippen molar-refractivity contribution in [1.29, 1.82) is 0 Å². The molecule has 0 amide bonds. The van der Waals surface area contributed by atoms with Gasteiger partial charge in [0.25, 0.3) is 0 Å². The van der Waals surface area contributed by atoms with Crippen LogP contribution in [-0.4, -0.2) is 53.7 Å². The van der Waals surface area contributed by atoms with E-state index in [0.717, 1.165) is 5.25 Å². The van der Waals surface area contributed by atoms with Crippen molar-refractivity contribution in [3.63, 3.8) is 0 Å². The predicted molar refractivity (Wildman–Crippen MR) is 109 cm³/mol. The average molecular weight is 366 g/mol. The van der Waals surface area contributed by atoms with Crippen LogP contribution in [0.2, 0.25) is 58.4 Å². The third-order valence-corrected chi connectivity index (χ3v) is 15.5. The standard InChI is InChI=1S/C15H39NOSSi3/c1-15(18-12-11-13-21(9,10)17-2)14-16(19(3,4)5)20(6,7)8/h15H,11-14H2,1-10H3. The fourth-order valence-corrected chi connectivity index (χ4v) is 15.2. The lowest BCUT2D eigenvalue weighted by molar-refractivity contribution is 0.403. The number of rotatable bonds is 10. The van der Waals surface area contributed by atoms with Gasteiger partial charge in [-0.3, -0.25) is 0 Å². The smallest absolute Gasteiger partial charge is 0.186 e. The molecule has 0 aromatic rings. The second kappa shape index (κ2) is 8.68. The Morgan fingerprint density at radius 3 is 1.81 bits per heavy atom. The molecule has 0 bridgehead atoms. The van der Waals surface area contributed by atoms with Crippen molar-refractivity contribution in [3.05, 3.63) is 0 Å². The van der Waals surface area contributed by atoms with E-state index in [4.69, 9.17) is 4.43 Å². The number of hydrogen-bond donors (Lipinski definition) is 0. The van der Waals surface area contributed by atoms with E-state index in [1.807, 2.05) is 7.11 Å². The van der Waals surface area contributed by atoms with Gasteiger partial charge in [0.15, 0.2) is 8.32 Å². The van der Waals surface area contributed by atoms with Crippen LogP contribution in [0.25, 0.3) is 0 Å². The highest BCUT2D eigenvalue weighted by Gasteiger charge is 2.34. The lowest BCUT2D eigenvalue weighted by Crippen LogP contribution is -2.60. The first kappa shape index (κ1) is 21.9. The van der Waals surface area contributed by atoms with Crippen molar-refractivity contribution in [2.45, 2.75) is 77.0 Å². The van der Waals surface area contributed by atoms with Gasteiger partial charge in [-0.1, -0.05) is 46.2 Å². The number of nitrogens with zero attached hydrogens (tertiary/aromatic N) is 1. The van der Waals surface area contributed by atoms with E-state index in [1.165, 1.54) is 24.8 Å². The van der Waals surface area contributed by atoms with Crippen LogP contribution < -0.4 is 0 Å². The number of thioether (sulfide) groups is 1. The minimum absolute atomic E-state index is 0.746. The lowest BCUT2D eigenvalue weighted by atomic mass is 10.5. The molecule has 2 nitrogen and oxygen atoms in total. The molecule has 0 N–H and O–H groups in total. The minimum Gasteiger partial charge on any atom is -0.420 e. The van der Waals surface area contributed by atoms with Gasteiger partial charge < -0.3 is 8.66 Å². The zero-order valence-electron chi connectivity index (χ0n) is 16.2. The molecule has 0 heterocycles. The first-order chi connectivity index (χ1) is 9.29. The predicted octanol–water partition coefficient (Wildman–Crippen LogP) is 5.32. The summed E-state index contributed by atoms with van der Waals surface area (Å²) in [4.78, 5) is 0. The molecule has 1 unspecified atom stereocenters. The maximum Gasteiger partial charge on any atom is 0.186 e. The van der Waals surface area contributed by atoms with E-state index in [1.54, 1.807) is 0 Å². The third kappa shape index (κ3) is 9.61. The van der Waals surface area contributed by atoms with Crippen LogP contribution in [0.5, 0.6) is 0 Å². The van der Waals surface area contributed by atoms with Crippen LogP contribution in [-0.2, 0) is 4.43 Å². The lowest BCUT2D eigenvalue weighted by Gasteiger charge is -2.44. The molecule has 0 aliphatic rings. The molecule has 0 aromatic carbocycles. The van der Waals surface area contributed by atoms with Gasteiger partial charge in [-0.2, -0.15) is 11.8 Å². The first-order valence-electron chi connectivity index (χ1n) is 8.24. The van der Waals surface area contributed by atoms with Crippen LogP contribution in [0.4, 0.5) is 0 Å². The molecule has 0 aliphatic heterocycles. The molecule has 0 fully saturated rings. The average Bonchev–Trinajstić information content (AvgIpc) is 2.29. The van der Waals surface area contributed by atoms with Gasteiger partial charge in [-0.25, -0.2) is 0 Å². The van der Waals surface area contributed by atoms with E-state index in [-0.39, 0.29) is 0 Å². The molecule has 1 atom stereocenters. The maximum absolute atomic E-state index is 5.63. The fourth-order valence-electron chi connectivity index (χ4n) is 2.75. The molecule has 0 saturated carbocycles. The van der Waals surface area contributed by atoms with Gasteiger partial charge in [0.05, 0.1) is 0 Å². The summed E-state index contributed by atoms with van der Waals surface area (Å²) < 4.78 is 8.54. The molecule has 0 rings (SSSR count). The van der Waals surface area contributed by atoms with Gasteiger partial charge in [0.2, 0.25) is 0 Å². The van der Waals surface area contributed by atoms with Crippen molar-refractivity contribution in [1.82, 2.24) is 4.23 Å². The van der Waals surface area contributed by atoms with Crippen molar-refractivity contribution >= 4 is 36.6 Å². The van der Waals surface area contributed by atoms with Gasteiger partial charge in [-0.15, -0.1) is 0 Å². The largest absolute Gasteiger partial charge is 0.420 e. The second-order valence-corrected chi connectivity index (χ2v) is 24.9. The molecule has 6 heteroatoms. The Labute approximate surface area is 141 Å². The van der Waals surface area contributed by atoms with Crippen molar-refractivity contribution < 1.29 is 4.43 Å².